The van der Waals surface area contributed by atoms with Crippen LogP contribution in [0, 0.1) is 0 Å². The van der Waals surface area contributed by atoms with Crippen molar-refractivity contribution in [2.45, 2.75) is 0 Å². The average molecular weight is 429 g/mol. The Morgan fingerprint density at radius 1 is 1.24 bits per heavy atom. The zero-order valence-electron chi connectivity index (χ0n) is 13.0. The van der Waals surface area contributed by atoms with Crippen molar-refractivity contribution >= 4 is 45.0 Å². The van der Waals surface area contributed by atoms with Crippen LogP contribution in [-0.2, 0) is 27.3 Å². The summed E-state index contributed by atoms with van der Waals surface area (Å²) >= 11 is 7.47. The number of thiol groups is 1. The molecular weight excluding hydrogens is 413 g/mol. The number of benzene rings is 2. The molecule has 0 spiro atoms. The molecule has 0 atom stereocenters. The fourth-order valence-corrected chi connectivity index (χ4v) is 1.75. The minimum absolute atomic E-state index is 0.0275. The van der Waals surface area contributed by atoms with E-state index in [0.29, 0.717) is 17.0 Å². The van der Waals surface area contributed by atoms with Gasteiger partial charge in [-0.1, -0.05) is 18.2 Å². The summed E-state index contributed by atoms with van der Waals surface area (Å²) < 4.78 is 5.18. The molecule has 135 valence electrons. The van der Waals surface area contributed by atoms with Crippen molar-refractivity contribution < 1.29 is 24.9 Å². The Morgan fingerprint density at radius 2 is 1.88 bits per heavy atom. The maximum atomic E-state index is 8.04. The molecule has 0 aliphatic rings. The van der Waals surface area contributed by atoms with Crippen LogP contribution in [-0.4, -0.2) is 23.5 Å². The topological polar surface area (TPSA) is 109 Å². The van der Waals surface area contributed by atoms with Crippen LogP contribution in [0.4, 0.5) is 11.4 Å². The summed E-state index contributed by atoms with van der Waals surface area (Å²) in [5.74, 6) is 0.529. The Kier molecular flexibility index (Phi) is 9.68. The number of methoxy groups -OCH3 is 1. The van der Waals surface area contributed by atoms with Gasteiger partial charge in [0.1, 0.15) is 0 Å². The maximum absolute atomic E-state index is 8.04. The van der Waals surface area contributed by atoms with Crippen LogP contribution in [0.3, 0.4) is 0 Å². The van der Waals surface area contributed by atoms with E-state index in [1.54, 1.807) is 12.1 Å². The number of azo groups is 1. The van der Waals surface area contributed by atoms with Gasteiger partial charge in [0, 0.05) is 12.3 Å². The van der Waals surface area contributed by atoms with Gasteiger partial charge in [0.25, 0.3) is 0 Å². The first-order valence-corrected chi connectivity index (χ1v) is 8.41. The summed E-state index contributed by atoms with van der Waals surface area (Å²) in [6, 6.07) is 12.6. The van der Waals surface area contributed by atoms with Gasteiger partial charge in [0.2, 0.25) is 5.75 Å². The van der Waals surface area contributed by atoms with Gasteiger partial charge >= 0.3 is 30.9 Å². The van der Waals surface area contributed by atoms with Crippen LogP contribution < -0.4 is 10.5 Å². The molecule has 0 heterocycles. The van der Waals surface area contributed by atoms with E-state index in [2.05, 4.69) is 58.2 Å². The van der Waals surface area contributed by atoms with Crippen LogP contribution in [0.1, 0.15) is 5.56 Å². The van der Waals surface area contributed by atoms with Gasteiger partial charge in [-0.25, -0.2) is 0 Å². The fourth-order valence-electron chi connectivity index (χ4n) is 1.70. The average Bonchev–Trinajstić information content (AvgIpc) is 2.64. The van der Waals surface area contributed by atoms with E-state index in [9.17, 15) is 0 Å². The van der Waals surface area contributed by atoms with Gasteiger partial charge < -0.3 is 20.4 Å². The van der Waals surface area contributed by atoms with Crippen molar-refractivity contribution in [3.8, 4) is 11.5 Å². The van der Waals surface area contributed by atoms with Gasteiger partial charge in [0.15, 0.2) is 17.3 Å². The molecule has 0 aliphatic carbocycles. The molecule has 0 amide bonds. The third kappa shape index (κ3) is 7.16. The summed E-state index contributed by atoms with van der Waals surface area (Å²) in [5.41, 5.74) is 10.6. The van der Waals surface area contributed by atoms with Crippen molar-refractivity contribution in [2.24, 2.45) is 21.1 Å². The molecule has 2 aromatic carbocycles. The first kappa shape index (κ1) is 21.0. The van der Waals surface area contributed by atoms with E-state index < -0.39 is 0 Å². The SMILES string of the molecule is COc1cc(N=Nc2ccccc2)cc(C=N[N-]C(N)=[SH+])c1[OH2+].[Cl][Cu+]. The summed E-state index contributed by atoms with van der Waals surface area (Å²) in [6.07, 6.45) is 1.38. The molecule has 4 N–H and O–H groups in total. The van der Waals surface area contributed by atoms with Gasteiger partial charge in [-0.15, -0.1) is 0 Å². The molecule has 2 rings (SSSR count). The van der Waals surface area contributed by atoms with Crippen molar-refractivity contribution in [1.29, 1.82) is 0 Å². The van der Waals surface area contributed by atoms with E-state index >= 15 is 0 Å². The summed E-state index contributed by atoms with van der Waals surface area (Å²) in [7, 11) is 5.68. The second-order valence-electron chi connectivity index (χ2n) is 4.35. The molecule has 0 bridgehead atoms. The van der Waals surface area contributed by atoms with Gasteiger partial charge in [0.05, 0.1) is 24.0 Å². The molecule has 0 aliphatic heterocycles. The third-order valence-electron chi connectivity index (χ3n) is 2.73. The van der Waals surface area contributed by atoms with E-state index in [-0.39, 0.29) is 10.9 Å². The second-order valence-corrected chi connectivity index (χ2v) is 4.81. The molecule has 0 radical (unpaired) electrons. The van der Waals surface area contributed by atoms with Crippen molar-refractivity contribution in [3.63, 3.8) is 0 Å². The molecule has 0 unspecified atom stereocenters. The molecule has 0 saturated carbocycles. The molecule has 0 saturated heterocycles. The number of nitrogens with zero attached hydrogens (tertiary/aromatic N) is 4. The first-order valence-electron chi connectivity index (χ1n) is 6.67. The summed E-state index contributed by atoms with van der Waals surface area (Å²) in [4.78, 5) is 0. The predicted molar refractivity (Wildman–Crippen MR) is 101 cm³/mol. The van der Waals surface area contributed by atoms with E-state index in [0.717, 1.165) is 5.69 Å². The number of hydrogen-bond donors (Lipinski definition) is 1. The first-order chi connectivity index (χ1) is 12.1. The quantitative estimate of drug-likeness (QED) is 0.150. The van der Waals surface area contributed by atoms with Crippen LogP contribution in [0.2, 0.25) is 0 Å². The third-order valence-corrected chi connectivity index (χ3v) is 2.82. The van der Waals surface area contributed by atoms with Crippen molar-refractivity contribution in [1.82, 2.24) is 0 Å². The predicted octanol–water partition coefficient (Wildman–Crippen LogP) is 3.27. The molecule has 2 aromatic rings. The molecule has 0 aromatic heterocycles. The van der Waals surface area contributed by atoms with Crippen LogP contribution >= 0.6 is 10.1 Å². The summed E-state index contributed by atoms with van der Waals surface area (Å²) in [5, 5.41) is 20.1. The van der Waals surface area contributed by atoms with Gasteiger partial charge in [-0.3, -0.25) is 5.73 Å². The molecular formula is C15H16ClCuN5O2S+2. The van der Waals surface area contributed by atoms with Crippen LogP contribution in [0.25, 0.3) is 5.43 Å². The Labute approximate surface area is 163 Å². The fraction of sp³-hybridized carbons (Fsp3) is 0.0667. The van der Waals surface area contributed by atoms with Gasteiger partial charge in [-0.05, 0) is 18.2 Å². The van der Waals surface area contributed by atoms with Gasteiger partial charge in [-0.2, -0.15) is 10.2 Å². The zero-order chi connectivity index (χ0) is 18.7. The summed E-state index contributed by atoms with van der Waals surface area (Å²) in [6.45, 7) is 0. The monoisotopic (exact) mass is 428 g/mol. The van der Waals surface area contributed by atoms with E-state index in [1.807, 2.05) is 30.3 Å². The minimum atomic E-state index is 0.0275. The number of ether oxygens (including phenoxy) is 1. The van der Waals surface area contributed by atoms with E-state index in [4.69, 9.17) is 15.6 Å². The Morgan fingerprint density at radius 3 is 2.48 bits per heavy atom. The van der Waals surface area contributed by atoms with Crippen LogP contribution in [0.5, 0.6) is 11.5 Å². The van der Waals surface area contributed by atoms with E-state index in [1.165, 1.54) is 13.3 Å². The number of hydrogen-bond acceptors (Lipinski definition) is 4. The number of nitrogens with two attached hydrogens (primary N) is 1. The molecule has 25 heavy (non-hydrogen) atoms. The number of halogens is 1. The Bertz CT molecular complexity index is 759. The second kappa shape index (κ2) is 11.5. The Hall–Kier alpha value is -2.03. The Balaban J connectivity index is 0.00000151. The zero-order valence-corrected chi connectivity index (χ0v) is 15.6. The standard InChI is InChI=1S/C15H15N5O2S.ClH.Cu/c1-22-13-8-12(19-18-11-5-3-2-4-6-11)7-10(14(13)21)9-17-20-15(16)23;;/h2-9H,1H3,(H4,16,17,18,19,20,21,23);1H;/q;;+2. The molecule has 10 heteroatoms. The molecule has 0 fully saturated rings. The normalized spacial score (nSPS) is 10.4. The van der Waals surface area contributed by atoms with Crippen molar-refractivity contribution in [2.75, 3.05) is 7.11 Å². The molecule has 7 nitrogen and oxygen atoms in total. The van der Waals surface area contributed by atoms with Crippen molar-refractivity contribution in [3.05, 3.63) is 53.5 Å². The number of rotatable bonds is 5. The van der Waals surface area contributed by atoms with Crippen LogP contribution in [0.15, 0.2) is 57.8 Å².